The van der Waals surface area contributed by atoms with Crippen LogP contribution in [0.3, 0.4) is 0 Å². The number of carbonyl (C=O) groups excluding carboxylic acids is 1. The van der Waals surface area contributed by atoms with Crippen LogP contribution in [0.4, 0.5) is 0 Å². The van der Waals surface area contributed by atoms with E-state index >= 15 is 0 Å². The third kappa shape index (κ3) is 3.52. The van der Waals surface area contributed by atoms with Gasteiger partial charge in [0, 0.05) is 5.39 Å². The van der Waals surface area contributed by atoms with Crippen LogP contribution in [0.1, 0.15) is 15.9 Å². The van der Waals surface area contributed by atoms with E-state index in [-0.39, 0.29) is 17.1 Å². The highest BCUT2D eigenvalue weighted by Crippen LogP contribution is 2.20. The summed E-state index contributed by atoms with van der Waals surface area (Å²) in [7, 11) is 0. The molecular formula is C19H14N4O3S. The lowest BCUT2D eigenvalue weighted by molar-refractivity contribution is 0.101. The van der Waals surface area contributed by atoms with E-state index < -0.39 is 5.63 Å². The van der Waals surface area contributed by atoms with Crippen LogP contribution in [-0.2, 0) is 0 Å². The molecule has 4 rings (SSSR count). The minimum Gasteiger partial charge on any atom is -0.422 e. The lowest BCUT2D eigenvalue weighted by atomic mass is 10.1. The molecule has 0 saturated carbocycles. The second-order valence-electron chi connectivity index (χ2n) is 5.91. The number of nitrogens with zero attached hydrogens (tertiary/aromatic N) is 4. The third-order valence-corrected chi connectivity index (χ3v) is 4.91. The van der Waals surface area contributed by atoms with Crippen molar-refractivity contribution in [3.05, 3.63) is 76.1 Å². The van der Waals surface area contributed by atoms with Crippen LogP contribution in [0.2, 0.25) is 0 Å². The fourth-order valence-electron chi connectivity index (χ4n) is 2.58. The first kappa shape index (κ1) is 17.2. The molecule has 0 spiro atoms. The number of aromatic nitrogens is 4. The number of rotatable bonds is 5. The molecule has 2 aromatic carbocycles. The molecule has 0 amide bonds. The molecule has 0 radical (unpaired) electrons. The topological polar surface area (TPSA) is 90.9 Å². The van der Waals surface area contributed by atoms with E-state index in [9.17, 15) is 9.59 Å². The van der Waals surface area contributed by atoms with Gasteiger partial charge in [-0.25, -0.2) is 4.79 Å². The Morgan fingerprint density at radius 3 is 2.74 bits per heavy atom. The lowest BCUT2D eigenvalue weighted by Crippen LogP contribution is -2.15. The van der Waals surface area contributed by atoms with Gasteiger partial charge in [-0.1, -0.05) is 47.7 Å². The zero-order valence-corrected chi connectivity index (χ0v) is 15.1. The number of thioether (sulfide) groups is 1. The van der Waals surface area contributed by atoms with Crippen molar-refractivity contribution in [2.45, 2.75) is 12.1 Å². The molecule has 2 heterocycles. The van der Waals surface area contributed by atoms with Crippen molar-refractivity contribution in [3.63, 3.8) is 0 Å². The molecule has 0 saturated heterocycles. The van der Waals surface area contributed by atoms with E-state index in [0.29, 0.717) is 16.1 Å². The molecule has 0 N–H and O–H groups in total. The average Bonchev–Trinajstić information content (AvgIpc) is 3.14. The Labute approximate surface area is 158 Å². The monoisotopic (exact) mass is 378 g/mol. The van der Waals surface area contributed by atoms with E-state index in [2.05, 4.69) is 15.5 Å². The van der Waals surface area contributed by atoms with Crippen LogP contribution in [0.15, 0.2) is 69.0 Å². The van der Waals surface area contributed by atoms with Gasteiger partial charge in [-0.15, -0.1) is 5.10 Å². The number of ketones is 1. The second kappa shape index (κ2) is 7.16. The van der Waals surface area contributed by atoms with Gasteiger partial charge >= 0.3 is 5.63 Å². The molecule has 0 unspecified atom stereocenters. The van der Waals surface area contributed by atoms with Gasteiger partial charge in [-0.3, -0.25) is 4.79 Å². The van der Waals surface area contributed by atoms with Gasteiger partial charge < -0.3 is 4.42 Å². The van der Waals surface area contributed by atoms with E-state index in [0.717, 1.165) is 11.3 Å². The van der Waals surface area contributed by atoms with E-state index in [1.807, 2.05) is 37.3 Å². The Morgan fingerprint density at radius 1 is 1.15 bits per heavy atom. The molecule has 0 bridgehead atoms. The number of para-hydroxylation sites is 1. The van der Waals surface area contributed by atoms with Crippen LogP contribution in [0.25, 0.3) is 16.7 Å². The molecule has 0 atom stereocenters. The minimum absolute atomic E-state index is 0.0231. The van der Waals surface area contributed by atoms with Gasteiger partial charge in [0.15, 0.2) is 5.78 Å². The molecule has 4 aromatic rings. The zero-order chi connectivity index (χ0) is 18.8. The van der Waals surface area contributed by atoms with Gasteiger partial charge in [0.2, 0.25) is 5.16 Å². The number of tetrazole rings is 1. The number of hydrogen-bond donors (Lipinski definition) is 0. The predicted molar refractivity (Wildman–Crippen MR) is 101 cm³/mol. The van der Waals surface area contributed by atoms with Crippen LogP contribution in [-0.4, -0.2) is 31.7 Å². The summed E-state index contributed by atoms with van der Waals surface area (Å²) in [6.07, 6.45) is 0. The number of fused-ring (bicyclic) bond motifs is 1. The van der Waals surface area contributed by atoms with E-state index in [1.165, 1.54) is 11.8 Å². The first-order chi connectivity index (χ1) is 13.1. The normalized spacial score (nSPS) is 11.0. The summed E-state index contributed by atoms with van der Waals surface area (Å²) >= 11 is 1.17. The SMILES string of the molecule is Cc1ccc(-n2nnnc2SCC(=O)c2cc3ccccc3oc2=O)cc1. The number of Topliss-reactive ketones (excluding diaryl/α,β-unsaturated/α-hetero) is 1. The van der Waals surface area contributed by atoms with Crippen molar-refractivity contribution >= 4 is 28.5 Å². The van der Waals surface area contributed by atoms with Crippen molar-refractivity contribution in [3.8, 4) is 5.69 Å². The molecule has 0 aliphatic heterocycles. The van der Waals surface area contributed by atoms with Gasteiger partial charge in [-0.2, -0.15) is 4.68 Å². The highest BCUT2D eigenvalue weighted by atomic mass is 32.2. The van der Waals surface area contributed by atoms with E-state index in [1.54, 1.807) is 28.9 Å². The van der Waals surface area contributed by atoms with Gasteiger partial charge in [0.25, 0.3) is 0 Å². The summed E-state index contributed by atoms with van der Waals surface area (Å²) in [4.78, 5) is 24.7. The Balaban J connectivity index is 1.55. The number of benzene rings is 2. The molecule has 134 valence electrons. The average molecular weight is 378 g/mol. The Bertz CT molecular complexity index is 1180. The van der Waals surface area contributed by atoms with E-state index in [4.69, 9.17) is 4.42 Å². The van der Waals surface area contributed by atoms with Gasteiger partial charge in [0.05, 0.1) is 11.4 Å². The highest BCUT2D eigenvalue weighted by Gasteiger charge is 2.17. The van der Waals surface area contributed by atoms with Crippen molar-refractivity contribution < 1.29 is 9.21 Å². The smallest absolute Gasteiger partial charge is 0.347 e. The lowest BCUT2D eigenvalue weighted by Gasteiger charge is -2.04. The number of hydrogen-bond acceptors (Lipinski definition) is 7. The first-order valence-electron chi connectivity index (χ1n) is 8.16. The van der Waals surface area contributed by atoms with Crippen LogP contribution in [0.5, 0.6) is 0 Å². The van der Waals surface area contributed by atoms with Crippen LogP contribution < -0.4 is 5.63 Å². The summed E-state index contributed by atoms with van der Waals surface area (Å²) in [6, 6.07) is 16.3. The first-order valence-corrected chi connectivity index (χ1v) is 9.15. The summed E-state index contributed by atoms with van der Waals surface area (Å²) in [5, 5.41) is 12.8. The second-order valence-corrected chi connectivity index (χ2v) is 6.85. The quantitative estimate of drug-likeness (QED) is 0.299. The number of aryl methyl sites for hydroxylation is 1. The van der Waals surface area contributed by atoms with Crippen LogP contribution >= 0.6 is 11.8 Å². The standard InChI is InChI=1S/C19H14N4O3S/c1-12-6-8-14(9-7-12)23-19(20-21-22-23)27-11-16(24)15-10-13-4-2-3-5-17(13)26-18(15)25/h2-10H,11H2,1H3. The molecule has 2 aromatic heterocycles. The molecule has 8 heteroatoms. The van der Waals surface area contributed by atoms with Crippen molar-refractivity contribution in [1.82, 2.24) is 20.2 Å². The third-order valence-electron chi connectivity index (χ3n) is 3.99. The predicted octanol–water partition coefficient (Wildman–Crippen LogP) is 3.05. The van der Waals surface area contributed by atoms with Crippen molar-refractivity contribution in [2.75, 3.05) is 5.75 Å². The Hall–Kier alpha value is -3.26. The van der Waals surface area contributed by atoms with Gasteiger partial charge in [-0.05, 0) is 41.6 Å². The molecule has 0 aliphatic carbocycles. The van der Waals surface area contributed by atoms with Crippen LogP contribution in [0, 0.1) is 6.92 Å². The summed E-state index contributed by atoms with van der Waals surface area (Å²) in [6.45, 7) is 1.99. The minimum atomic E-state index is -0.641. The van der Waals surface area contributed by atoms with Gasteiger partial charge in [0.1, 0.15) is 11.1 Å². The maximum absolute atomic E-state index is 12.5. The largest absolute Gasteiger partial charge is 0.422 e. The molecule has 0 fully saturated rings. The molecule has 0 aliphatic rings. The maximum Gasteiger partial charge on any atom is 0.347 e. The molecular weight excluding hydrogens is 364 g/mol. The fraction of sp³-hybridized carbons (Fsp3) is 0.105. The summed E-state index contributed by atoms with van der Waals surface area (Å²) in [5.74, 6) is -0.312. The molecule has 27 heavy (non-hydrogen) atoms. The summed E-state index contributed by atoms with van der Waals surface area (Å²) in [5.41, 5.74) is 1.76. The highest BCUT2D eigenvalue weighted by molar-refractivity contribution is 7.99. The maximum atomic E-state index is 12.5. The molecule has 7 nitrogen and oxygen atoms in total. The Morgan fingerprint density at radius 2 is 1.93 bits per heavy atom. The van der Waals surface area contributed by atoms with Crippen molar-refractivity contribution in [1.29, 1.82) is 0 Å². The fourth-order valence-corrected chi connectivity index (χ4v) is 3.36. The summed E-state index contributed by atoms with van der Waals surface area (Å²) < 4.78 is 6.78. The Kier molecular flexibility index (Phi) is 4.55. The number of carbonyl (C=O) groups is 1. The zero-order valence-electron chi connectivity index (χ0n) is 14.3. The van der Waals surface area contributed by atoms with Crippen molar-refractivity contribution in [2.24, 2.45) is 0 Å².